The second kappa shape index (κ2) is 14.8. The zero-order valence-electron chi connectivity index (χ0n) is 38.8. The molecule has 0 unspecified atom stereocenters. The monoisotopic (exact) mass is 935 g/mol. The summed E-state index contributed by atoms with van der Waals surface area (Å²) in [6, 6.07) is 91.7. The van der Waals surface area contributed by atoms with Crippen molar-refractivity contribution in [3.63, 3.8) is 0 Å². The molecule has 2 spiro atoms. The largest absolute Gasteiger partial charge is 0.457 e. The third-order valence-electron chi connectivity index (χ3n) is 16.0. The molecule has 2 aliphatic carbocycles. The molecular formula is C68H41NO2S. The zero-order chi connectivity index (χ0) is 47.1. The molecule has 2 aliphatic heterocycles. The molecule has 0 fully saturated rings. The predicted molar refractivity (Wildman–Crippen MR) is 293 cm³/mol. The van der Waals surface area contributed by atoms with Crippen LogP contribution in [0.4, 0.5) is 17.1 Å². The minimum absolute atomic E-state index is 0.516. The van der Waals surface area contributed by atoms with E-state index in [9.17, 15) is 0 Å². The molecule has 0 saturated heterocycles. The van der Waals surface area contributed by atoms with Gasteiger partial charge in [-0.15, -0.1) is 0 Å². The second-order valence-electron chi connectivity index (χ2n) is 19.4. The van der Waals surface area contributed by atoms with Gasteiger partial charge < -0.3 is 14.1 Å². The number of hydrogen-bond acceptors (Lipinski definition) is 4. The van der Waals surface area contributed by atoms with Crippen molar-refractivity contribution in [1.82, 2.24) is 0 Å². The summed E-state index contributed by atoms with van der Waals surface area (Å²) < 4.78 is 13.1. The van der Waals surface area contributed by atoms with Crippen LogP contribution in [0, 0.1) is 0 Å². The first-order chi connectivity index (χ1) is 35.7. The van der Waals surface area contributed by atoms with Gasteiger partial charge in [0.15, 0.2) is 0 Å². The van der Waals surface area contributed by atoms with Gasteiger partial charge in [-0.25, -0.2) is 0 Å². The molecule has 3 nitrogen and oxygen atoms in total. The van der Waals surface area contributed by atoms with E-state index < -0.39 is 10.8 Å². The third kappa shape index (κ3) is 5.21. The van der Waals surface area contributed by atoms with Crippen LogP contribution in [0.2, 0.25) is 0 Å². The number of fused-ring (bicyclic) bond motifs is 21. The topological polar surface area (TPSA) is 25.6 Å². The van der Waals surface area contributed by atoms with Crippen molar-refractivity contribution in [2.45, 2.75) is 20.6 Å². The average Bonchev–Trinajstić information content (AvgIpc) is 4.07. The van der Waals surface area contributed by atoms with Crippen LogP contribution >= 0.6 is 11.8 Å². The van der Waals surface area contributed by atoms with E-state index in [0.717, 1.165) is 72.8 Å². The summed E-state index contributed by atoms with van der Waals surface area (Å²) >= 11 is 1.88. The number of hydrogen-bond donors (Lipinski definition) is 0. The van der Waals surface area contributed by atoms with E-state index in [1.807, 2.05) is 23.9 Å². The molecule has 0 saturated carbocycles. The van der Waals surface area contributed by atoms with Crippen LogP contribution in [0.1, 0.15) is 44.5 Å². The summed E-state index contributed by atoms with van der Waals surface area (Å²) in [4.78, 5) is 5.09. The maximum Gasteiger partial charge on any atom is 0.136 e. The average molecular weight is 936 g/mol. The number of rotatable bonds is 4. The minimum atomic E-state index is -0.567. The van der Waals surface area contributed by atoms with Crippen LogP contribution in [0.3, 0.4) is 0 Å². The van der Waals surface area contributed by atoms with Gasteiger partial charge in [-0.3, -0.25) is 0 Å². The number of para-hydroxylation sites is 3. The van der Waals surface area contributed by atoms with Gasteiger partial charge >= 0.3 is 0 Å². The summed E-state index contributed by atoms with van der Waals surface area (Å²) in [6.07, 6.45) is 0. The molecule has 0 amide bonds. The maximum atomic E-state index is 6.70. The molecule has 0 N–H and O–H groups in total. The predicted octanol–water partition coefficient (Wildman–Crippen LogP) is 18.0. The number of ether oxygens (including phenoxy) is 1. The van der Waals surface area contributed by atoms with Crippen LogP contribution in [-0.4, -0.2) is 0 Å². The lowest BCUT2D eigenvalue weighted by Crippen LogP contribution is -2.32. The fourth-order valence-electron chi connectivity index (χ4n) is 13.2. The SMILES string of the molecule is c1ccc2c(c1)Oc1ccccc1C21c2ccccc2-c2cc(N(c3ccc(-c4ccc5c(c4)oc4ccccc45)cc3)c3cccc4c3-c3ccccc3C43c4ccccc4Sc4ccccc43)ccc21. The van der Waals surface area contributed by atoms with Gasteiger partial charge in [0.05, 0.1) is 16.5 Å². The Morgan fingerprint density at radius 2 is 0.861 bits per heavy atom. The molecule has 16 rings (SSSR count). The highest BCUT2D eigenvalue weighted by Crippen LogP contribution is 2.66. The molecule has 0 bridgehead atoms. The van der Waals surface area contributed by atoms with Gasteiger partial charge in [-0.05, 0) is 134 Å². The van der Waals surface area contributed by atoms with Crippen LogP contribution in [-0.2, 0) is 10.8 Å². The van der Waals surface area contributed by atoms with Gasteiger partial charge in [0, 0.05) is 48.6 Å². The van der Waals surface area contributed by atoms with Crippen molar-refractivity contribution in [3.05, 3.63) is 293 Å². The Kier molecular flexibility index (Phi) is 8.24. The third-order valence-corrected chi connectivity index (χ3v) is 17.2. The fraction of sp³-hybridized carbons (Fsp3) is 0.0294. The van der Waals surface area contributed by atoms with Gasteiger partial charge in [0.25, 0.3) is 0 Å². The lowest BCUT2D eigenvalue weighted by atomic mass is 9.66. The Bertz CT molecular complexity index is 4170. The Hall–Kier alpha value is -8.83. The molecule has 11 aromatic carbocycles. The minimum Gasteiger partial charge on any atom is -0.457 e. The van der Waals surface area contributed by atoms with Crippen LogP contribution in [0.15, 0.2) is 263 Å². The summed E-state index contributed by atoms with van der Waals surface area (Å²) in [6.45, 7) is 0. The Labute approximate surface area is 421 Å². The van der Waals surface area contributed by atoms with Crippen molar-refractivity contribution < 1.29 is 9.15 Å². The normalized spacial score (nSPS) is 14.4. The number of benzene rings is 11. The summed E-state index contributed by atoms with van der Waals surface area (Å²) in [5, 5.41) is 2.26. The quantitative estimate of drug-likeness (QED) is 0.176. The first-order valence-corrected chi connectivity index (χ1v) is 25.5. The smallest absolute Gasteiger partial charge is 0.136 e. The molecule has 1 aromatic heterocycles. The van der Waals surface area contributed by atoms with Crippen molar-refractivity contribution in [1.29, 1.82) is 0 Å². The van der Waals surface area contributed by atoms with Gasteiger partial charge in [0.1, 0.15) is 22.7 Å². The van der Waals surface area contributed by atoms with Crippen molar-refractivity contribution in [2.75, 3.05) is 4.90 Å². The first-order valence-electron chi connectivity index (χ1n) is 24.7. The molecule has 3 heterocycles. The molecule has 72 heavy (non-hydrogen) atoms. The van der Waals surface area contributed by atoms with Crippen LogP contribution in [0.25, 0.3) is 55.3 Å². The number of nitrogens with zero attached hydrogens (tertiary/aromatic N) is 1. The van der Waals surface area contributed by atoms with E-state index in [4.69, 9.17) is 9.15 Å². The van der Waals surface area contributed by atoms with Gasteiger partial charge in [-0.2, -0.15) is 0 Å². The van der Waals surface area contributed by atoms with E-state index >= 15 is 0 Å². The lowest BCUT2D eigenvalue weighted by molar-refractivity contribution is 0.436. The van der Waals surface area contributed by atoms with Gasteiger partial charge in [-0.1, -0.05) is 188 Å². The van der Waals surface area contributed by atoms with E-state index in [1.54, 1.807) is 0 Å². The highest BCUT2D eigenvalue weighted by molar-refractivity contribution is 7.99. The standard InChI is InChI=1S/C68H41NO2S/c1-4-19-51-46(16-1)50-41-45(37-39-53(50)67(51)54-21-6-11-28-61(54)71-62-29-12-7-22-55(62)67)69(44-35-32-42(33-36-44)43-34-38-48-47-17-3-10-27-60(47)70-63(48)40-43)59-26-15-25-58-66(59)49-18-2-5-20-52(49)68(58)56-23-8-13-30-64(56)72-65-31-14-9-24-57(65)68/h1-41H. The van der Waals surface area contributed by atoms with E-state index in [-0.39, 0.29) is 0 Å². The van der Waals surface area contributed by atoms with E-state index in [0.29, 0.717) is 0 Å². The Morgan fingerprint density at radius 1 is 0.333 bits per heavy atom. The highest BCUT2D eigenvalue weighted by Gasteiger charge is 2.53. The van der Waals surface area contributed by atoms with Gasteiger partial charge in [0.2, 0.25) is 0 Å². The van der Waals surface area contributed by atoms with Crippen molar-refractivity contribution in [3.8, 4) is 44.9 Å². The Balaban J connectivity index is 0.944. The highest BCUT2D eigenvalue weighted by atomic mass is 32.2. The molecule has 0 radical (unpaired) electrons. The Morgan fingerprint density at radius 3 is 1.60 bits per heavy atom. The molecule has 0 atom stereocenters. The second-order valence-corrected chi connectivity index (χ2v) is 20.5. The zero-order valence-corrected chi connectivity index (χ0v) is 39.7. The molecule has 12 aromatic rings. The molecular weight excluding hydrogens is 895 g/mol. The molecule has 4 heteroatoms. The van der Waals surface area contributed by atoms with Crippen LogP contribution < -0.4 is 9.64 Å². The first kappa shape index (κ1) is 40.0. The summed E-state index contributed by atoms with van der Waals surface area (Å²) in [7, 11) is 0. The van der Waals surface area contributed by atoms with Crippen molar-refractivity contribution in [2.24, 2.45) is 0 Å². The van der Waals surface area contributed by atoms with E-state index in [2.05, 4.69) is 241 Å². The van der Waals surface area contributed by atoms with Crippen molar-refractivity contribution >= 4 is 50.8 Å². The lowest BCUT2D eigenvalue weighted by Gasteiger charge is -2.40. The fourth-order valence-corrected chi connectivity index (χ4v) is 14.4. The number of anilines is 3. The van der Waals surface area contributed by atoms with E-state index in [1.165, 1.54) is 65.4 Å². The van der Waals surface area contributed by atoms with Crippen LogP contribution in [0.5, 0.6) is 11.5 Å². The summed E-state index contributed by atoms with van der Waals surface area (Å²) in [5.74, 6) is 1.78. The summed E-state index contributed by atoms with van der Waals surface area (Å²) in [5.41, 5.74) is 21.3. The number of furan rings is 1. The maximum absolute atomic E-state index is 6.70. The molecule has 336 valence electrons. The molecule has 4 aliphatic rings.